The lowest BCUT2D eigenvalue weighted by molar-refractivity contribution is -0.115. The maximum Gasteiger partial charge on any atom is 0.230 e. The molecule has 0 bridgehead atoms. The second kappa shape index (κ2) is 8.71. The fraction of sp³-hybridized carbons (Fsp3) is 0.200. The summed E-state index contributed by atoms with van der Waals surface area (Å²) in [6.45, 7) is 2.04. The number of benzene rings is 2. The molecule has 140 valence electrons. The van der Waals surface area contributed by atoms with Gasteiger partial charge < -0.3 is 14.8 Å². The predicted octanol–water partition coefficient (Wildman–Crippen LogP) is 4.92. The summed E-state index contributed by atoms with van der Waals surface area (Å²) in [4.78, 5) is 16.9. The maximum absolute atomic E-state index is 12.3. The minimum Gasteiger partial charge on any atom is -0.493 e. The van der Waals surface area contributed by atoms with Crippen LogP contribution in [0.2, 0.25) is 0 Å². The van der Waals surface area contributed by atoms with Crippen molar-refractivity contribution >= 4 is 45.5 Å². The number of carbonyl (C=O) groups excluding carboxylic acids is 1. The van der Waals surface area contributed by atoms with Gasteiger partial charge in [-0.15, -0.1) is 11.3 Å². The number of hydrogen-bond donors (Lipinski definition) is 1. The van der Waals surface area contributed by atoms with E-state index in [2.05, 4.69) is 32.9 Å². The van der Waals surface area contributed by atoms with Crippen molar-refractivity contribution < 1.29 is 14.3 Å². The van der Waals surface area contributed by atoms with E-state index in [4.69, 9.17) is 9.47 Å². The minimum absolute atomic E-state index is 0.0844. The van der Waals surface area contributed by atoms with Crippen molar-refractivity contribution in [2.75, 3.05) is 19.5 Å². The van der Waals surface area contributed by atoms with Crippen LogP contribution in [0.15, 0.2) is 41.8 Å². The molecule has 0 aliphatic carbocycles. The summed E-state index contributed by atoms with van der Waals surface area (Å²) < 4.78 is 11.7. The first-order valence-corrected chi connectivity index (χ1v) is 10.2. The van der Waals surface area contributed by atoms with Gasteiger partial charge in [-0.05, 0) is 65.4 Å². The van der Waals surface area contributed by atoms with Crippen LogP contribution in [0.1, 0.15) is 11.3 Å². The van der Waals surface area contributed by atoms with E-state index in [0.717, 1.165) is 25.5 Å². The lowest BCUT2D eigenvalue weighted by Gasteiger charge is -2.08. The first kappa shape index (κ1) is 19.6. The molecule has 1 N–H and O–H groups in total. The number of carbonyl (C=O) groups is 1. The highest BCUT2D eigenvalue weighted by molar-refractivity contribution is 14.1. The normalized spacial score (nSPS) is 10.5. The smallest absolute Gasteiger partial charge is 0.230 e. The summed E-state index contributed by atoms with van der Waals surface area (Å²) in [6.07, 6.45) is 0.230. The predicted molar refractivity (Wildman–Crippen MR) is 117 cm³/mol. The Bertz CT molecular complexity index is 972. The second-order valence-corrected chi connectivity index (χ2v) is 7.92. The molecule has 0 atom stereocenters. The number of hydrogen-bond acceptors (Lipinski definition) is 5. The summed E-state index contributed by atoms with van der Waals surface area (Å²) in [5.41, 5.74) is 3.65. The summed E-state index contributed by atoms with van der Waals surface area (Å²) in [7, 11) is 3.21. The van der Waals surface area contributed by atoms with Gasteiger partial charge in [-0.3, -0.25) is 4.79 Å². The molecular weight excluding hydrogens is 475 g/mol. The zero-order chi connectivity index (χ0) is 19.4. The molecule has 1 aromatic heterocycles. The molecule has 7 heteroatoms. The van der Waals surface area contributed by atoms with E-state index in [1.807, 2.05) is 48.7 Å². The second-order valence-electron chi connectivity index (χ2n) is 5.90. The average molecular weight is 494 g/mol. The van der Waals surface area contributed by atoms with Gasteiger partial charge in [0, 0.05) is 20.2 Å². The lowest BCUT2D eigenvalue weighted by atomic mass is 10.2. The summed E-state index contributed by atoms with van der Waals surface area (Å²) in [6, 6.07) is 11.5. The van der Waals surface area contributed by atoms with Crippen LogP contribution in [0.25, 0.3) is 10.6 Å². The largest absolute Gasteiger partial charge is 0.493 e. The highest BCUT2D eigenvalue weighted by atomic mass is 127. The Balaban J connectivity index is 1.70. The molecule has 0 aliphatic heterocycles. The van der Waals surface area contributed by atoms with Crippen LogP contribution in [-0.2, 0) is 11.2 Å². The van der Waals surface area contributed by atoms with Crippen molar-refractivity contribution in [1.29, 1.82) is 0 Å². The van der Waals surface area contributed by atoms with E-state index in [9.17, 15) is 4.79 Å². The van der Waals surface area contributed by atoms with Crippen molar-refractivity contribution in [2.24, 2.45) is 0 Å². The Labute approximate surface area is 175 Å². The van der Waals surface area contributed by atoms with Gasteiger partial charge in [0.05, 0.1) is 26.3 Å². The molecular formula is C20H19IN2O3S. The molecule has 3 aromatic rings. The Morgan fingerprint density at radius 1 is 1.15 bits per heavy atom. The number of anilines is 1. The number of nitrogens with zero attached hydrogens (tertiary/aromatic N) is 1. The maximum atomic E-state index is 12.3. The number of ether oxygens (including phenoxy) is 2. The Morgan fingerprint density at radius 3 is 2.63 bits per heavy atom. The zero-order valence-corrected chi connectivity index (χ0v) is 18.2. The molecule has 0 fully saturated rings. The molecule has 0 unspecified atom stereocenters. The van der Waals surface area contributed by atoms with Crippen LogP contribution in [0.3, 0.4) is 0 Å². The molecule has 1 amide bonds. The van der Waals surface area contributed by atoms with E-state index in [1.54, 1.807) is 14.2 Å². The lowest BCUT2D eigenvalue weighted by Crippen LogP contribution is -2.14. The number of aromatic nitrogens is 1. The number of rotatable bonds is 6. The molecule has 27 heavy (non-hydrogen) atoms. The molecule has 2 aromatic carbocycles. The third-order valence-electron chi connectivity index (χ3n) is 3.98. The third-order valence-corrected chi connectivity index (χ3v) is 6.08. The molecule has 0 saturated heterocycles. The van der Waals surface area contributed by atoms with Crippen molar-refractivity contribution in [3.63, 3.8) is 0 Å². The number of nitrogens with one attached hydrogen (secondary N) is 1. The molecule has 5 nitrogen and oxygen atoms in total. The van der Waals surface area contributed by atoms with E-state index in [1.165, 1.54) is 16.9 Å². The zero-order valence-electron chi connectivity index (χ0n) is 15.2. The minimum atomic E-state index is -0.0844. The first-order chi connectivity index (χ1) is 13.0. The van der Waals surface area contributed by atoms with Crippen molar-refractivity contribution in [2.45, 2.75) is 13.3 Å². The fourth-order valence-corrected chi connectivity index (χ4v) is 3.86. The number of aryl methyl sites for hydroxylation is 1. The Kier molecular flexibility index (Phi) is 6.33. The van der Waals surface area contributed by atoms with Gasteiger partial charge in [0.1, 0.15) is 5.01 Å². The highest BCUT2D eigenvalue weighted by Crippen LogP contribution is 2.33. The summed E-state index contributed by atoms with van der Waals surface area (Å²) in [5, 5.41) is 5.67. The van der Waals surface area contributed by atoms with Crippen LogP contribution in [0.4, 0.5) is 5.69 Å². The molecule has 0 spiro atoms. The Morgan fingerprint density at radius 2 is 1.93 bits per heavy atom. The van der Waals surface area contributed by atoms with E-state index >= 15 is 0 Å². The number of halogens is 1. The van der Waals surface area contributed by atoms with Gasteiger partial charge in [0.15, 0.2) is 11.5 Å². The van der Waals surface area contributed by atoms with Crippen molar-refractivity contribution in [3.05, 3.63) is 56.6 Å². The molecule has 1 heterocycles. The van der Waals surface area contributed by atoms with Crippen LogP contribution in [0.5, 0.6) is 11.5 Å². The third kappa shape index (κ3) is 4.78. The van der Waals surface area contributed by atoms with E-state index in [-0.39, 0.29) is 12.3 Å². The van der Waals surface area contributed by atoms with Crippen LogP contribution in [-0.4, -0.2) is 25.1 Å². The molecule has 0 saturated carbocycles. The van der Waals surface area contributed by atoms with E-state index < -0.39 is 0 Å². The SMILES string of the molecule is COc1ccc(-c2nc(CC(=O)Nc3ccc(C)c(I)c3)cs2)cc1OC. The molecule has 0 aliphatic rings. The monoisotopic (exact) mass is 494 g/mol. The van der Waals surface area contributed by atoms with Crippen molar-refractivity contribution in [3.8, 4) is 22.1 Å². The summed E-state index contributed by atoms with van der Waals surface area (Å²) in [5.74, 6) is 1.24. The highest BCUT2D eigenvalue weighted by Gasteiger charge is 2.12. The van der Waals surface area contributed by atoms with E-state index in [0.29, 0.717) is 11.5 Å². The van der Waals surface area contributed by atoms with Crippen LogP contribution in [0, 0.1) is 10.5 Å². The standard InChI is InChI=1S/C20H19IN2O3S/c1-12-4-6-14(9-16(12)21)22-19(24)10-15-11-27-20(23-15)13-5-7-17(25-2)18(8-13)26-3/h4-9,11H,10H2,1-3H3,(H,22,24). The number of methoxy groups -OCH3 is 2. The molecule has 3 rings (SSSR count). The number of amides is 1. The van der Waals surface area contributed by atoms with Gasteiger partial charge in [0.2, 0.25) is 5.91 Å². The fourth-order valence-electron chi connectivity index (χ4n) is 2.53. The summed E-state index contributed by atoms with van der Waals surface area (Å²) >= 11 is 3.76. The van der Waals surface area contributed by atoms with Gasteiger partial charge in [-0.2, -0.15) is 0 Å². The topological polar surface area (TPSA) is 60.5 Å². The van der Waals surface area contributed by atoms with Crippen molar-refractivity contribution in [1.82, 2.24) is 4.98 Å². The quantitative estimate of drug-likeness (QED) is 0.495. The van der Waals surface area contributed by atoms with Gasteiger partial charge in [-0.1, -0.05) is 6.07 Å². The average Bonchev–Trinajstić information content (AvgIpc) is 3.12. The Hall–Kier alpha value is -2.13. The number of thiazole rings is 1. The van der Waals surface area contributed by atoms with Gasteiger partial charge in [0.25, 0.3) is 0 Å². The van der Waals surface area contributed by atoms with Crippen LogP contribution >= 0.6 is 33.9 Å². The van der Waals surface area contributed by atoms with Crippen LogP contribution < -0.4 is 14.8 Å². The first-order valence-electron chi connectivity index (χ1n) is 8.23. The molecule has 0 radical (unpaired) electrons. The van der Waals surface area contributed by atoms with Gasteiger partial charge in [-0.25, -0.2) is 4.98 Å². The van der Waals surface area contributed by atoms with Gasteiger partial charge >= 0.3 is 0 Å².